The molecule has 0 aromatic rings. The van der Waals surface area contributed by atoms with E-state index >= 15 is 0 Å². The zero-order chi connectivity index (χ0) is 16.8. The number of nitrogens with zero attached hydrogens (tertiary/aromatic N) is 2. The van der Waals surface area contributed by atoms with Gasteiger partial charge >= 0.3 is 5.97 Å². The van der Waals surface area contributed by atoms with E-state index in [9.17, 15) is 4.79 Å². The fraction of sp³-hybridized carbons (Fsp3) is 0.667. The first kappa shape index (κ1) is 20.2. The van der Waals surface area contributed by atoms with Gasteiger partial charge < -0.3 is 9.64 Å². The van der Waals surface area contributed by atoms with Gasteiger partial charge in [-0.25, -0.2) is 4.79 Å². The van der Waals surface area contributed by atoms with E-state index in [0.29, 0.717) is 12.5 Å². The zero-order valence-corrected chi connectivity index (χ0v) is 14.5. The summed E-state index contributed by atoms with van der Waals surface area (Å²) in [6, 6.07) is 1.91. The standard InChI is InChI=1S/C18H30N2O2/c1-5-9-11-16(6-2)15-22-18(21)17(14-19)12-10-13-20(7-3)8-4/h10,12-13,16H,5-9,11,15H2,1-4H3/b13-10+,17-12-. The third-order valence-electron chi connectivity index (χ3n) is 3.71. The van der Waals surface area contributed by atoms with E-state index in [1.807, 2.05) is 12.3 Å². The summed E-state index contributed by atoms with van der Waals surface area (Å²) in [5.41, 5.74) is 0.0498. The Balaban J connectivity index is 4.49. The highest BCUT2D eigenvalue weighted by atomic mass is 16.5. The van der Waals surface area contributed by atoms with Crippen molar-refractivity contribution in [2.75, 3.05) is 19.7 Å². The van der Waals surface area contributed by atoms with E-state index in [1.54, 1.807) is 6.08 Å². The Morgan fingerprint density at radius 1 is 1.27 bits per heavy atom. The topological polar surface area (TPSA) is 53.3 Å². The third kappa shape index (κ3) is 8.51. The minimum absolute atomic E-state index is 0.0498. The molecule has 0 heterocycles. The number of ether oxygens (including phenoxy) is 1. The second-order valence-corrected chi connectivity index (χ2v) is 5.27. The van der Waals surface area contributed by atoms with Gasteiger partial charge in [0.2, 0.25) is 0 Å². The third-order valence-corrected chi connectivity index (χ3v) is 3.71. The Hall–Kier alpha value is -1.76. The van der Waals surface area contributed by atoms with Gasteiger partial charge in [-0.1, -0.05) is 33.1 Å². The van der Waals surface area contributed by atoms with Crippen LogP contribution in [0.3, 0.4) is 0 Å². The van der Waals surface area contributed by atoms with Crippen LogP contribution in [0.15, 0.2) is 23.9 Å². The van der Waals surface area contributed by atoms with Crippen molar-refractivity contribution in [1.29, 1.82) is 5.26 Å². The average Bonchev–Trinajstić information content (AvgIpc) is 2.55. The van der Waals surface area contributed by atoms with Gasteiger partial charge in [0.15, 0.2) is 0 Å². The van der Waals surface area contributed by atoms with Crippen molar-refractivity contribution in [2.24, 2.45) is 5.92 Å². The fourth-order valence-corrected chi connectivity index (χ4v) is 2.02. The maximum atomic E-state index is 11.9. The van der Waals surface area contributed by atoms with E-state index < -0.39 is 5.97 Å². The first-order valence-electron chi connectivity index (χ1n) is 8.32. The van der Waals surface area contributed by atoms with Crippen LogP contribution < -0.4 is 0 Å². The minimum atomic E-state index is -0.526. The number of rotatable bonds is 11. The number of allylic oxidation sites excluding steroid dienone is 2. The normalized spacial score (nSPS) is 13.0. The smallest absolute Gasteiger partial charge is 0.348 e. The molecule has 0 amide bonds. The molecule has 0 aliphatic heterocycles. The first-order valence-corrected chi connectivity index (χ1v) is 8.32. The summed E-state index contributed by atoms with van der Waals surface area (Å²) in [4.78, 5) is 14.0. The van der Waals surface area contributed by atoms with Crippen LogP contribution in [0.25, 0.3) is 0 Å². The van der Waals surface area contributed by atoms with Crippen LogP contribution in [0.5, 0.6) is 0 Å². The van der Waals surface area contributed by atoms with Crippen LogP contribution in [0, 0.1) is 17.2 Å². The average molecular weight is 306 g/mol. The van der Waals surface area contributed by atoms with Gasteiger partial charge in [-0.15, -0.1) is 0 Å². The van der Waals surface area contributed by atoms with Crippen molar-refractivity contribution >= 4 is 5.97 Å². The van der Waals surface area contributed by atoms with Gasteiger partial charge in [-0.05, 0) is 44.5 Å². The number of unbranched alkanes of at least 4 members (excludes halogenated alkanes) is 1. The zero-order valence-electron chi connectivity index (χ0n) is 14.5. The van der Waals surface area contributed by atoms with Crippen LogP contribution >= 0.6 is 0 Å². The molecule has 4 nitrogen and oxygen atoms in total. The molecule has 22 heavy (non-hydrogen) atoms. The quantitative estimate of drug-likeness (QED) is 0.250. The lowest BCUT2D eigenvalue weighted by Gasteiger charge is -2.14. The second kappa shape index (κ2) is 12.9. The Morgan fingerprint density at radius 2 is 1.95 bits per heavy atom. The minimum Gasteiger partial charge on any atom is -0.461 e. The molecule has 1 atom stereocenters. The van der Waals surface area contributed by atoms with Crippen LogP contribution in [-0.2, 0) is 9.53 Å². The first-order chi connectivity index (χ1) is 10.6. The van der Waals surface area contributed by atoms with Crippen molar-refractivity contribution in [3.63, 3.8) is 0 Å². The van der Waals surface area contributed by atoms with Crippen molar-refractivity contribution in [1.82, 2.24) is 4.90 Å². The van der Waals surface area contributed by atoms with Gasteiger partial charge in [-0.2, -0.15) is 5.26 Å². The van der Waals surface area contributed by atoms with Gasteiger partial charge in [0, 0.05) is 13.1 Å². The van der Waals surface area contributed by atoms with E-state index in [4.69, 9.17) is 10.00 Å². The SMILES string of the molecule is CCCCC(CC)COC(=O)/C(C#N)=C\C=C\N(CC)CC. The summed E-state index contributed by atoms with van der Waals surface area (Å²) >= 11 is 0. The molecule has 0 fully saturated rings. The molecule has 1 unspecified atom stereocenters. The molecule has 0 radical (unpaired) electrons. The molecule has 0 saturated carbocycles. The summed E-state index contributed by atoms with van der Waals surface area (Å²) in [6.07, 6.45) is 9.46. The second-order valence-electron chi connectivity index (χ2n) is 5.27. The number of carbonyl (C=O) groups is 1. The summed E-state index contributed by atoms with van der Waals surface area (Å²) in [7, 11) is 0. The highest BCUT2D eigenvalue weighted by Gasteiger charge is 2.13. The van der Waals surface area contributed by atoms with Crippen LogP contribution in [0.4, 0.5) is 0 Å². The molecule has 0 spiro atoms. The molecule has 124 valence electrons. The monoisotopic (exact) mass is 306 g/mol. The molecule has 0 N–H and O–H groups in total. The largest absolute Gasteiger partial charge is 0.461 e. The van der Waals surface area contributed by atoms with E-state index in [1.165, 1.54) is 6.08 Å². The molecular formula is C18H30N2O2. The van der Waals surface area contributed by atoms with E-state index in [-0.39, 0.29) is 5.57 Å². The van der Waals surface area contributed by atoms with Gasteiger partial charge in [-0.3, -0.25) is 0 Å². The van der Waals surface area contributed by atoms with Crippen LogP contribution in [-0.4, -0.2) is 30.6 Å². The highest BCUT2D eigenvalue weighted by molar-refractivity contribution is 5.93. The molecule has 0 bridgehead atoms. The van der Waals surface area contributed by atoms with Gasteiger partial charge in [0.1, 0.15) is 11.6 Å². The van der Waals surface area contributed by atoms with Crippen LogP contribution in [0.1, 0.15) is 53.4 Å². The lowest BCUT2D eigenvalue weighted by Crippen LogP contribution is -2.15. The lowest BCUT2D eigenvalue weighted by atomic mass is 10.0. The maximum absolute atomic E-state index is 11.9. The Morgan fingerprint density at radius 3 is 2.45 bits per heavy atom. The predicted octanol–water partition coefficient (Wildman–Crippen LogP) is 4.05. The summed E-state index contributed by atoms with van der Waals surface area (Å²) < 4.78 is 5.28. The molecule has 4 heteroatoms. The molecule has 0 saturated heterocycles. The van der Waals surface area contributed by atoms with Gasteiger partial charge in [0.05, 0.1) is 6.61 Å². The van der Waals surface area contributed by atoms with Crippen molar-refractivity contribution < 1.29 is 9.53 Å². The summed E-state index contributed by atoms with van der Waals surface area (Å²) in [6.45, 7) is 10.5. The highest BCUT2D eigenvalue weighted by Crippen LogP contribution is 2.13. The number of hydrogen-bond donors (Lipinski definition) is 0. The molecule has 0 aliphatic rings. The Bertz CT molecular complexity index is 404. The van der Waals surface area contributed by atoms with Gasteiger partial charge in [0.25, 0.3) is 0 Å². The Labute approximate surface area is 135 Å². The van der Waals surface area contributed by atoms with Crippen molar-refractivity contribution in [3.8, 4) is 6.07 Å². The Kier molecular flexibility index (Phi) is 11.9. The van der Waals surface area contributed by atoms with Crippen LogP contribution in [0.2, 0.25) is 0 Å². The van der Waals surface area contributed by atoms with E-state index in [2.05, 4.69) is 32.6 Å². The molecule has 0 aromatic carbocycles. The number of esters is 1. The molecule has 0 rings (SSSR count). The number of carbonyl (C=O) groups excluding carboxylic acids is 1. The fourth-order valence-electron chi connectivity index (χ4n) is 2.02. The lowest BCUT2D eigenvalue weighted by molar-refractivity contribution is -0.140. The summed E-state index contributed by atoms with van der Waals surface area (Å²) in [5, 5.41) is 9.07. The molecule has 0 aliphatic carbocycles. The number of hydrogen-bond acceptors (Lipinski definition) is 4. The number of nitriles is 1. The molecular weight excluding hydrogens is 276 g/mol. The maximum Gasteiger partial charge on any atom is 0.348 e. The summed E-state index contributed by atoms with van der Waals surface area (Å²) in [5.74, 6) is -0.142. The van der Waals surface area contributed by atoms with Crippen molar-refractivity contribution in [2.45, 2.75) is 53.4 Å². The predicted molar refractivity (Wildman–Crippen MR) is 90.0 cm³/mol. The van der Waals surface area contributed by atoms with E-state index in [0.717, 1.165) is 38.8 Å². The van der Waals surface area contributed by atoms with Crippen molar-refractivity contribution in [3.05, 3.63) is 23.9 Å². The molecule has 0 aromatic heterocycles.